The summed E-state index contributed by atoms with van der Waals surface area (Å²) >= 11 is 1.68. The third-order valence-electron chi connectivity index (χ3n) is 4.73. The van der Waals surface area contributed by atoms with Crippen molar-refractivity contribution >= 4 is 17.4 Å². The van der Waals surface area contributed by atoms with Gasteiger partial charge in [-0.25, -0.2) is 4.79 Å². The third-order valence-corrected chi connectivity index (χ3v) is 5.47. The smallest absolute Gasteiger partial charge is 0.318 e. The van der Waals surface area contributed by atoms with E-state index in [1.54, 1.807) is 11.3 Å². The molecule has 128 valence electrons. The van der Waals surface area contributed by atoms with Gasteiger partial charge in [0.25, 0.3) is 0 Å². The lowest BCUT2D eigenvalue weighted by atomic mass is 10.1. The first kappa shape index (κ1) is 17.0. The molecule has 0 saturated heterocycles. The SMILES string of the molecule is Cc1ccc([C@H](C)NC(=O)N(Cc2ccsc2)C2CCCC2)cn1. The average molecular weight is 343 g/mol. The number of hydrogen-bond donors (Lipinski definition) is 1. The molecule has 5 heteroatoms. The van der Waals surface area contributed by atoms with Crippen LogP contribution in [0.5, 0.6) is 0 Å². The molecule has 1 aliphatic carbocycles. The number of carbonyl (C=O) groups is 1. The highest BCUT2D eigenvalue weighted by molar-refractivity contribution is 7.07. The molecule has 2 aromatic rings. The molecule has 2 aromatic heterocycles. The van der Waals surface area contributed by atoms with Crippen LogP contribution in [-0.2, 0) is 6.54 Å². The Kier molecular flexibility index (Phi) is 5.51. The van der Waals surface area contributed by atoms with Crippen LogP contribution in [0, 0.1) is 6.92 Å². The lowest BCUT2D eigenvalue weighted by molar-refractivity contribution is 0.168. The van der Waals surface area contributed by atoms with Gasteiger partial charge in [0.1, 0.15) is 0 Å². The van der Waals surface area contributed by atoms with Gasteiger partial charge in [-0.2, -0.15) is 11.3 Å². The van der Waals surface area contributed by atoms with Crippen LogP contribution in [0.3, 0.4) is 0 Å². The van der Waals surface area contributed by atoms with E-state index in [0.717, 1.165) is 24.1 Å². The molecule has 0 spiro atoms. The lowest BCUT2D eigenvalue weighted by Gasteiger charge is -2.30. The molecule has 4 nitrogen and oxygen atoms in total. The summed E-state index contributed by atoms with van der Waals surface area (Å²) in [6.07, 6.45) is 6.50. The Bertz CT molecular complexity index is 648. The van der Waals surface area contributed by atoms with Gasteiger partial charge in [0, 0.05) is 24.5 Å². The van der Waals surface area contributed by atoms with E-state index in [0.29, 0.717) is 12.6 Å². The number of carbonyl (C=O) groups excluding carboxylic acids is 1. The van der Waals surface area contributed by atoms with Crippen LogP contribution in [0.1, 0.15) is 55.5 Å². The highest BCUT2D eigenvalue weighted by Crippen LogP contribution is 2.26. The normalized spacial score (nSPS) is 16.1. The first-order valence-electron chi connectivity index (χ1n) is 8.64. The summed E-state index contributed by atoms with van der Waals surface area (Å²) < 4.78 is 0. The van der Waals surface area contributed by atoms with Crippen LogP contribution < -0.4 is 5.32 Å². The monoisotopic (exact) mass is 343 g/mol. The lowest BCUT2D eigenvalue weighted by Crippen LogP contribution is -2.45. The van der Waals surface area contributed by atoms with Crippen LogP contribution in [0.25, 0.3) is 0 Å². The molecule has 1 N–H and O–H groups in total. The molecular weight excluding hydrogens is 318 g/mol. The number of aromatic nitrogens is 1. The zero-order valence-corrected chi connectivity index (χ0v) is 15.2. The Balaban J connectivity index is 1.69. The van der Waals surface area contributed by atoms with Crippen molar-refractivity contribution in [1.82, 2.24) is 15.2 Å². The molecule has 2 heterocycles. The standard InChI is InChI=1S/C19H25N3OS/c1-14-7-8-17(11-20-14)15(2)21-19(23)22(18-5-3-4-6-18)12-16-9-10-24-13-16/h7-11,13,15,18H,3-6,12H2,1-2H3,(H,21,23)/t15-/m0/s1. The number of pyridine rings is 1. The highest BCUT2D eigenvalue weighted by Gasteiger charge is 2.27. The molecular formula is C19H25N3OS. The van der Waals surface area contributed by atoms with Crippen LogP contribution in [-0.4, -0.2) is 22.0 Å². The van der Waals surface area contributed by atoms with E-state index in [1.165, 1.54) is 18.4 Å². The molecule has 3 rings (SSSR count). The second-order valence-corrected chi connectivity index (χ2v) is 7.38. The fourth-order valence-electron chi connectivity index (χ4n) is 3.25. The van der Waals surface area contributed by atoms with Crippen molar-refractivity contribution in [3.8, 4) is 0 Å². The largest absolute Gasteiger partial charge is 0.331 e. The Morgan fingerprint density at radius 2 is 2.17 bits per heavy atom. The van der Waals surface area contributed by atoms with E-state index in [2.05, 4.69) is 27.1 Å². The Morgan fingerprint density at radius 1 is 1.38 bits per heavy atom. The van der Waals surface area contributed by atoms with Crippen molar-refractivity contribution < 1.29 is 4.79 Å². The molecule has 1 aliphatic rings. The quantitative estimate of drug-likeness (QED) is 0.857. The van der Waals surface area contributed by atoms with Gasteiger partial charge >= 0.3 is 6.03 Å². The van der Waals surface area contributed by atoms with Gasteiger partial charge in [-0.3, -0.25) is 4.98 Å². The number of nitrogens with one attached hydrogen (secondary N) is 1. The first-order chi connectivity index (χ1) is 11.6. The molecule has 24 heavy (non-hydrogen) atoms. The van der Waals surface area contributed by atoms with Crippen molar-refractivity contribution in [2.75, 3.05) is 0 Å². The van der Waals surface area contributed by atoms with E-state index in [-0.39, 0.29) is 12.1 Å². The van der Waals surface area contributed by atoms with Crippen molar-refractivity contribution in [2.45, 2.75) is 58.2 Å². The van der Waals surface area contributed by atoms with Crippen molar-refractivity contribution in [3.63, 3.8) is 0 Å². The summed E-state index contributed by atoms with van der Waals surface area (Å²) in [5.74, 6) is 0. The van der Waals surface area contributed by atoms with Crippen molar-refractivity contribution in [1.29, 1.82) is 0 Å². The predicted octanol–water partition coefficient (Wildman–Crippen LogP) is 4.67. The van der Waals surface area contributed by atoms with E-state index >= 15 is 0 Å². The maximum atomic E-state index is 12.9. The summed E-state index contributed by atoms with van der Waals surface area (Å²) in [5, 5.41) is 7.35. The van der Waals surface area contributed by atoms with Gasteiger partial charge in [-0.15, -0.1) is 0 Å². The second kappa shape index (κ2) is 7.79. The Morgan fingerprint density at radius 3 is 2.79 bits per heavy atom. The van der Waals surface area contributed by atoms with Crippen LogP contribution in [0.4, 0.5) is 4.79 Å². The molecule has 0 unspecified atom stereocenters. The van der Waals surface area contributed by atoms with Gasteiger partial charge in [0.15, 0.2) is 0 Å². The van der Waals surface area contributed by atoms with E-state index < -0.39 is 0 Å². The molecule has 0 aromatic carbocycles. The number of hydrogen-bond acceptors (Lipinski definition) is 3. The molecule has 0 bridgehead atoms. The number of nitrogens with zero attached hydrogens (tertiary/aromatic N) is 2. The summed E-state index contributed by atoms with van der Waals surface area (Å²) in [6, 6.07) is 6.46. The summed E-state index contributed by atoms with van der Waals surface area (Å²) in [7, 11) is 0. The molecule has 1 fully saturated rings. The number of amides is 2. The molecule has 1 atom stereocenters. The third kappa shape index (κ3) is 4.15. The maximum absolute atomic E-state index is 12.9. The van der Waals surface area contributed by atoms with Gasteiger partial charge < -0.3 is 10.2 Å². The second-order valence-electron chi connectivity index (χ2n) is 6.60. The minimum Gasteiger partial charge on any atom is -0.331 e. The number of thiophene rings is 1. The van der Waals surface area contributed by atoms with Crippen LogP contribution in [0.15, 0.2) is 35.2 Å². The van der Waals surface area contributed by atoms with Crippen molar-refractivity contribution in [3.05, 3.63) is 52.0 Å². The summed E-state index contributed by atoms with van der Waals surface area (Å²) in [6.45, 7) is 4.68. The van der Waals surface area contributed by atoms with Crippen LogP contribution >= 0.6 is 11.3 Å². The number of rotatable bonds is 5. The summed E-state index contributed by atoms with van der Waals surface area (Å²) in [5.41, 5.74) is 3.24. The fourth-order valence-corrected chi connectivity index (χ4v) is 3.91. The zero-order chi connectivity index (χ0) is 16.9. The molecule has 0 aliphatic heterocycles. The van der Waals surface area contributed by atoms with Gasteiger partial charge in [-0.05, 0) is 60.7 Å². The van der Waals surface area contributed by atoms with E-state index in [1.807, 2.05) is 37.1 Å². The number of urea groups is 1. The average Bonchev–Trinajstić information content (AvgIpc) is 3.26. The molecule has 1 saturated carbocycles. The summed E-state index contributed by atoms with van der Waals surface area (Å²) in [4.78, 5) is 19.3. The van der Waals surface area contributed by atoms with Gasteiger partial charge in [0.05, 0.1) is 6.04 Å². The van der Waals surface area contributed by atoms with Gasteiger partial charge in [-0.1, -0.05) is 18.9 Å². The fraction of sp³-hybridized carbons (Fsp3) is 0.474. The highest BCUT2D eigenvalue weighted by atomic mass is 32.1. The minimum atomic E-state index is -0.0445. The molecule has 0 radical (unpaired) electrons. The zero-order valence-electron chi connectivity index (χ0n) is 14.4. The predicted molar refractivity (Wildman–Crippen MR) is 98.0 cm³/mol. The topological polar surface area (TPSA) is 45.2 Å². The number of aryl methyl sites for hydroxylation is 1. The van der Waals surface area contributed by atoms with Crippen LogP contribution in [0.2, 0.25) is 0 Å². The van der Waals surface area contributed by atoms with E-state index in [4.69, 9.17) is 0 Å². The first-order valence-corrected chi connectivity index (χ1v) is 9.58. The molecule has 2 amide bonds. The minimum absolute atomic E-state index is 0.0289. The van der Waals surface area contributed by atoms with Crippen molar-refractivity contribution in [2.24, 2.45) is 0 Å². The Labute approximate surface area is 147 Å². The van der Waals surface area contributed by atoms with E-state index in [9.17, 15) is 4.79 Å². The Hall–Kier alpha value is -1.88. The maximum Gasteiger partial charge on any atom is 0.318 e. The van der Waals surface area contributed by atoms with Gasteiger partial charge in [0.2, 0.25) is 0 Å².